The molecule has 1 atom stereocenters. The third-order valence-electron chi connectivity index (χ3n) is 4.90. The third kappa shape index (κ3) is 4.50. The van der Waals surface area contributed by atoms with Crippen LogP contribution < -0.4 is 9.47 Å². The van der Waals surface area contributed by atoms with Gasteiger partial charge in [-0.1, -0.05) is 47.0 Å². The number of hydrogen-bond acceptors (Lipinski definition) is 4. The van der Waals surface area contributed by atoms with E-state index in [0.717, 1.165) is 5.56 Å². The van der Waals surface area contributed by atoms with Crippen molar-refractivity contribution in [1.29, 1.82) is 0 Å². The van der Waals surface area contributed by atoms with Crippen LogP contribution in [0.15, 0.2) is 53.4 Å². The fourth-order valence-corrected chi connectivity index (χ4v) is 4.90. The minimum Gasteiger partial charge on any atom is -0.486 e. The van der Waals surface area contributed by atoms with Crippen molar-refractivity contribution in [3.63, 3.8) is 0 Å². The van der Waals surface area contributed by atoms with Crippen LogP contribution in [0.3, 0.4) is 0 Å². The Labute approximate surface area is 189 Å². The molecule has 0 fully saturated rings. The lowest BCUT2D eigenvalue weighted by Gasteiger charge is -2.29. The molecule has 1 aliphatic heterocycles. The largest absolute Gasteiger partial charge is 0.486 e. The molecule has 5 nitrogen and oxygen atoms in total. The van der Waals surface area contributed by atoms with Crippen molar-refractivity contribution in [3.8, 4) is 22.6 Å². The normalized spacial score (nSPS) is 15.7. The Balaban J connectivity index is 1.74. The summed E-state index contributed by atoms with van der Waals surface area (Å²) in [6.07, 6.45) is -0.455. The van der Waals surface area contributed by atoms with Crippen molar-refractivity contribution in [3.05, 3.63) is 75.5 Å². The summed E-state index contributed by atoms with van der Waals surface area (Å²) in [7, 11) is -4.41. The zero-order chi connectivity index (χ0) is 22.3. The van der Waals surface area contributed by atoms with Crippen LogP contribution >= 0.6 is 23.2 Å². The molecule has 0 bridgehead atoms. The number of aryl methyl sites for hydroxylation is 1. The van der Waals surface area contributed by atoms with Crippen LogP contribution in [0.25, 0.3) is 11.1 Å². The standard InChI is InChI=1S/C22H17Cl2FO5S/c1-12-5-6-20(31(26,27)28)13(7-12)8-15-11-29-19-10-14(25)9-16(22(19)30-15)21-17(23)3-2-4-18(21)24/h2-7,9-10,15H,8,11H2,1H3,(H,26,27,28)/t15-/m1/s1. The molecule has 0 aliphatic carbocycles. The van der Waals surface area contributed by atoms with Crippen molar-refractivity contribution in [2.75, 3.05) is 6.61 Å². The van der Waals surface area contributed by atoms with Gasteiger partial charge in [-0.25, -0.2) is 4.39 Å². The number of fused-ring (bicyclic) bond motifs is 1. The van der Waals surface area contributed by atoms with Crippen molar-refractivity contribution < 1.29 is 26.8 Å². The van der Waals surface area contributed by atoms with E-state index in [-0.39, 0.29) is 29.4 Å². The predicted molar refractivity (Wildman–Crippen MR) is 116 cm³/mol. The molecule has 0 spiro atoms. The molecule has 3 aromatic carbocycles. The lowest BCUT2D eigenvalue weighted by atomic mass is 10.0. The van der Waals surface area contributed by atoms with E-state index in [2.05, 4.69) is 0 Å². The SMILES string of the molecule is Cc1ccc(S(=O)(=O)O)c(C[C@@H]2COc3cc(F)cc(-c4c(Cl)cccc4Cl)c3O2)c1. The first-order valence-electron chi connectivity index (χ1n) is 9.28. The van der Waals surface area contributed by atoms with Gasteiger partial charge in [-0.05, 0) is 36.8 Å². The maximum atomic E-state index is 14.3. The molecular formula is C22H17Cl2FO5S. The Kier molecular flexibility index (Phi) is 5.87. The van der Waals surface area contributed by atoms with Gasteiger partial charge in [0.2, 0.25) is 0 Å². The second-order valence-electron chi connectivity index (χ2n) is 7.22. The third-order valence-corrected chi connectivity index (χ3v) is 6.49. The van der Waals surface area contributed by atoms with Gasteiger partial charge in [0.05, 0.1) is 14.9 Å². The van der Waals surface area contributed by atoms with E-state index in [1.165, 1.54) is 18.2 Å². The van der Waals surface area contributed by atoms with Gasteiger partial charge >= 0.3 is 0 Å². The van der Waals surface area contributed by atoms with E-state index < -0.39 is 22.0 Å². The van der Waals surface area contributed by atoms with Crippen molar-refractivity contribution >= 4 is 33.3 Å². The number of rotatable bonds is 4. The average Bonchev–Trinajstić information content (AvgIpc) is 2.67. The van der Waals surface area contributed by atoms with Crippen LogP contribution in [0, 0.1) is 12.7 Å². The number of benzene rings is 3. The first-order chi connectivity index (χ1) is 14.6. The summed E-state index contributed by atoms with van der Waals surface area (Å²) in [5.74, 6) is -0.0886. The molecule has 1 aliphatic rings. The number of hydrogen-bond donors (Lipinski definition) is 1. The van der Waals surface area contributed by atoms with Gasteiger partial charge in [0.15, 0.2) is 11.5 Å². The van der Waals surface area contributed by atoms with Gasteiger partial charge in [-0.2, -0.15) is 8.42 Å². The molecule has 0 radical (unpaired) electrons. The van der Waals surface area contributed by atoms with E-state index in [9.17, 15) is 17.4 Å². The van der Waals surface area contributed by atoms with Crippen LogP contribution in [0.2, 0.25) is 10.0 Å². The van der Waals surface area contributed by atoms with Crippen molar-refractivity contribution in [2.45, 2.75) is 24.3 Å². The quantitative estimate of drug-likeness (QED) is 0.480. The Hall–Kier alpha value is -2.32. The summed E-state index contributed by atoms with van der Waals surface area (Å²) in [6.45, 7) is 1.87. The van der Waals surface area contributed by atoms with Gasteiger partial charge in [0, 0.05) is 23.6 Å². The summed E-state index contributed by atoms with van der Waals surface area (Å²) in [5.41, 5.74) is 1.94. The smallest absolute Gasteiger partial charge is 0.294 e. The van der Waals surface area contributed by atoms with Crippen LogP contribution in [0.5, 0.6) is 11.5 Å². The van der Waals surface area contributed by atoms with E-state index in [1.807, 2.05) is 6.92 Å². The van der Waals surface area contributed by atoms with Gasteiger partial charge in [-0.15, -0.1) is 0 Å². The molecule has 1 heterocycles. The molecule has 0 saturated carbocycles. The first-order valence-corrected chi connectivity index (χ1v) is 11.5. The molecule has 162 valence electrons. The molecule has 3 aromatic rings. The molecule has 0 aromatic heterocycles. The zero-order valence-corrected chi connectivity index (χ0v) is 18.6. The lowest BCUT2D eigenvalue weighted by molar-refractivity contribution is 0.0911. The number of ether oxygens (including phenoxy) is 2. The van der Waals surface area contributed by atoms with Crippen LogP contribution in [-0.2, 0) is 16.5 Å². The monoisotopic (exact) mass is 482 g/mol. The van der Waals surface area contributed by atoms with E-state index in [4.69, 9.17) is 32.7 Å². The second kappa shape index (κ2) is 8.31. The predicted octanol–water partition coefficient (Wildman–Crippen LogP) is 5.74. The molecule has 0 saturated heterocycles. The Morgan fingerprint density at radius 3 is 2.52 bits per heavy atom. The molecule has 0 amide bonds. The summed E-state index contributed by atoms with van der Waals surface area (Å²) in [6, 6.07) is 12.0. The van der Waals surface area contributed by atoms with Gasteiger partial charge < -0.3 is 9.47 Å². The molecular weight excluding hydrogens is 466 g/mol. The van der Waals surface area contributed by atoms with Crippen LogP contribution in [0.4, 0.5) is 4.39 Å². The van der Waals surface area contributed by atoms with Crippen molar-refractivity contribution in [2.24, 2.45) is 0 Å². The van der Waals surface area contributed by atoms with Crippen LogP contribution in [0.1, 0.15) is 11.1 Å². The summed E-state index contributed by atoms with van der Waals surface area (Å²) in [5, 5.41) is 0.636. The lowest BCUT2D eigenvalue weighted by Crippen LogP contribution is -2.32. The summed E-state index contributed by atoms with van der Waals surface area (Å²) < 4.78 is 59.2. The highest BCUT2D eigenvalue weighted by atomic mass is 35.5. The summed E-state index contributed by atoms with van der Waals surface area (Å²) >= 11 is 12.6. The van der Waals surface area contributed by atoms with Gasteiger partial charge in [0.1, 0.15) is 18.5 Å². The highest BCUT2D eigenvalue weighted by molar-refractivity contribution is 7.85. The zero-order valence-electron chi connectivity index (χ0n) is 16.2. The molecule has 4 rings (SSSR count). The average molecular weight is 483 g/mol. The van der Waals surface area contributed by atoms with E-state index in [0.29, 0.717) is 26.7 Å². The minimum atomic E-state index is -4.41. The molecule has 9 heteroatoms. The Bertz CT molecular complexity index is 1260. The molecule has 1 N–H and O–H groups in total. The van der Waals surface area contributed by atoms with E-state index in [1.54, 1.807) is 30.3 Å². The topological polar surface area (TPSA) is 72.8 Å². The van der Waals surface area contributed by atoms with Crippen molar-refractivity contribution in [1.82, 2.24) is 0 Å². The van der Waals surface area contributed by atoms with Gasteiger partial charge in [0.25, 0.3) is 10.1 Å². The number of halogens is 3. The first kappa shape index (κ1) is 21.9. The maximum absolute atomic E-state index is 14.3. The summed E-state index contributed by atoms with van der Waals surface area (Å²) in [4.78, 5) is -0.194. The fourth-order valence-electron chi connectivity index (χ4n) is 3.59. The molecule has 31 heavy (non-hydrogen) atoms. The second-order valence-corrected chi connectivity index (χ2v) is 9.42. The molecule has 0 unspecified atom stereocenters. The maximum Gasteiger partial charge on any atom is 0.294 e. The highest BCUT2D eigenvalue weighted by Crippen LogP contribution is 2.46. The van der Waals surface area contributed by atoms with Crippen LogP contribution in [-0.4, -0.2) is 25.7 Å². The Morgan fingerprint density at radius 1 is 1.13 bits per heavy atom. The van der Waals surface area contributed by atoms with E-state index >= 15 is 0 Å². The fraction of sp³-hybridized carbons (Fsp3) is 0.182. The minimum absolute atomic E-state index is 0.0605. The van der Waals surface area contributed by atoms with Gasteiger partial charge in [-0.3, -0.25) is 4.55 Å². The Morgan fingerprint density at radius 2 is 1.84 bits per heavy atom. The highest BCUT2D eigenvalue weighted by Gasteiger charge is 2.29.